The SMILES string of the molecule is CC(C(=O)O)N(C)C(=O)NCC1CCCCS1. The second-order valence-corrected chi connectivity index (χ2v) is 5.71. The molecule has 1 heterocycles. The first-order valence-electron chi connectivity index (χ1n) is 5.87. The van der Waals surface area contributed by atoms with Gasteiger partial charge in [0.2, 0.25) is 0 Å². The fraction of sp³-hybridized carbons (Fsp3) is 0.818. The van der Waals surface area contributed by atoms with Crippen molar-refractivity contribution in [3.63, 3.8) is 0 Å². The molecule has 5 nitrogen and oxygen atoms in total. The van der Waals surface area contributed by atoms with Gasteiger partial charge in [-0.15, -0.1) is 0 Å². The molecule has 2 N–H and O–H groups in total. The number of urea groups is 1. The molecule has 1 aliphatic heterocycles. The number of carboxylic acid groups (broad SMARTS) is 1. The molecule has 0 aromatic carbocycles. The molecule has 0 aliphatic carbocycles. The quantitative estimate of drug-likeness (QED) is 0.801. The van der Waals surface area contributed by atoms with Gasteiger partial charge in [0, 0.05) is 18.8 Å². The molecule has 2 atom stereocenters. The van der Waals surface area contributed by atoms with E-state index in [2.05, 4.69) is 5.32 Å². The van der Waals surface area contributed by atoms with Crippen molar-refractivity contribution in [1.82, 2.24) is 10.2 Å². The highest BCUT2D eigenvalue weighted by atomic mass is 32.2. The van der Waals surface area contributed by atoms with Gasteiger partial charge in [-0.3, -0.25) is 0 Å². The lowest BCUT2D eigenvalue weighted by molar-refractivity contribution is -0.141. The molecule has 1 rings (SSSR count). The van der Waals surface area contributed by atoms with E-state index >= 15 is 0 Å². The Hall–Kier alpha value is -0.910. The summed E-state index contributed by atoms with van der Waals surface area (Å²) in [5.74, 6) is 0.164. The number of thioether (sulfide) groups is 1. The van der Waals surface area contributed by atoms with Gasteiger partial charge in [0.05, 0.1) is 0 Å². The minimum Gasteiger partial charge on any atom is -0.480 e. The Morgan fingerprint density at radius 3 is 2.76 bits per heavy atom. The van der Waals surface area contributed by atoms with E-state index < -0.39 is 12.0 Å². The molecular formula is C11H20N2O3S. The monoisotopic (exact) mass is 260 g/mol. The number of hydrogen-bond acceptors (Lipinski definition) is 3. The van der Waals surface area contributed by atoms with Crippen LogP contribution in [0, 0.1) is 0 Å². The first-order valence-corrected chi connectivity index (χ1v) is 6.92. The van der Waals surface area contributed by atoms with Crippen LogP contribution in [-0.2, 0) is 4.79 Å². The highest BCUT2D eigenvalue weighted by molar-refractivity contribution is 7.99. The molecule has 0 bridgehead atoms. The zero-order valence-corrected chi connectivity index (χ0v) is 11.1. The molecule has 0 aromatic rings. The minimum atomic E-state index is -0.991. The van der Waals surface area contributed by atoms with Crippen molar-refractivity contribution in [3.8, 4) is 0 Å². The largest absolute Gasteiger partial charge is 0.480 e. The molecule has 17 heavy (non-hydrogen) atoms. The average molecular weight is 260 g/mol. The lowest BCUT2D eigenvalue weighted by Crippen LogP contribution is -2.47. The maximum atomic E-state index is 11.7. The molecule has 2 amide bonds. The van der Waals surface area contributed by atoms with Crippen molar-refractivity contribution in [2.75, 3.05) is 19.3 Å². The van der Waals surface area contributed by atoms with Gasteiger partial charge in [-0.25, -0.2) is 9.59 Å². The summed E-state index contributed by atoms with van der Waals surface area (Å²) in [7, 11) is 1.50. The van der Waals surface area contributed by atoms with Crippen LogP contribution in [0.4, 0.5) is 4.79 Å². The summed E-state index contributed by atoms with van der Waals surface area (Å²) in [6.45, 7) is 2.12. The number of rotatable bonds is 4. The zero-order chi connectivity index (χ0) is 12.8. The first-order chi connectivity index (χ1) is 8.02. The van der Waals surface area contributed by atoms with Crippen LogP contribution in [0.3, 0.4) is 0 Å². The number of carboxylic acids is 1. The van der Waals surface area contributed by atoms with Gasteiger partial charge in [0.25, 0.3) is 0 Å². The number of amides is 2. The van der Waals surface area contributed by atoms with E-state index in [4.69, 9.17) is 5.11 Å². The molecule has 1 fully saturated rings. The van der Waals surface area contributed by atoms with Crippen LogP contribution in [0.2, 0.25) is 0 Å². The summed E-state index contributed by atoms with van der Waals surface area (Å²) in [6.07, 6.45) is 3.60. The maximum absolute atomic E-state index is 11.7. The molecule has 0 saturated carbocycles. The Kier molecular flexibility index (Phi) is 5.61. The van der Waals surface area contributed by atoms with Crippen LogP contribution >= 0.6 is 11.8 Å². The molecule has 0 radical (unpaired) electrons. The topological polar surface area (TPSA) is 69.6 Å². The first kappa shape index (κ1) is 14.2. The standard InChI is InChI=1S/C11H20N2O3S/c1-8(10(14)15)13(2)11(16)12-7-9-5-3-4-6-17-9/h8-9H,3-7H2,1-2H3,(H,12,16)(H,14,15). The number of aliphatic carboxylic acids is 1. The molecule has 0 spiro atoms. The van der Waals surface area contributed by atoms with Gasteiger partial charge in [-0.1, -0.05) is 6.42 Å². The van der Waals surface area contributed by atoms with Gasteiger partial charge < -0.3 is 15.3 Å². The molecule has 6 heteroatoms. The minimum absolute atomic E-state index is 0.314. The normalized spacial score (nSPS) is 21.6. The predicted molar refractivity (Wildman–Crippen MR) is 68.4 cm³/mol. The Morgan fingerprint density at radius 1 is 1.53 bits per heavy atom. The van der Waals surface area contributed by atoms with Crippen molar-refractivity contribution < 1.29 is 14.7 Å². The van der Waals surface area contributed by atoms with Crippen molar-refractivity contribution in [3.05, 3.63) is 0 Å². The van der Waals surface area contributed by atoms with Crippen molar-refractivity contribution in [2.24, 2.45) is 0 Å². The lowest BCUT2D eigenvalue weighted by Gasteiger charge is -2.25. The van der Waals surface area contributed by atoms with E-state index in [1.54, 1.807) is 0 Å². The number of nitrogens with zero attached hydrogens (tertiary/aromatic N) is 1. The predicted octanol–water partition coefficient (Wildman–Crippen LogP) is 1.39. The van der Waals surface area contributed by atoms with Crippen LogP contribution in [-0.4, -0.2) is 52.6 Å². The second-order valence-electron chi connectivity index (χ2n) is 4.30. The third-order valence-corrected chi connectivity index (χ3v) is 4.41. The summed E-state index contributed by atoms with van der Waals surface area (Å²) in [5, 5.41) is 12.1. The van der Waals surface area contributed by atoms with E-state index in [1.165, 1.54) is 31.7 Å². The van der Waals surface area contributed by atoms with Gasteiger partial charge >= 0.3 is 12.0 Å². The van der Waals surface area contributed by atoms with Gasteiger partial charge in [-0.2, -0.15) is 11.8 Å². The van der Waals surface area contributed by atoms with Crippen molar-refractivity contribution in [2.45, 2.75) is 37.5 Å². The van der Waals surface area contributed by atoms with Crippen LogP contribution in [0.1, 0.15) is 26.2 Å². The fourth-order valence-electron chi connectivity index (χ4n) is 1.64. The Morgan fingerprint density at radius 2 is 2.24 bits per heavy atom. The smallest absolute Gasteiger partial charge is 0.326 e. The fourth-order valence-corrected chi connectivity index (χ4v) is 2.87. The number of hydrogen-bond donors (Lipinski definition) is 2. The molecular weight excluding hydrogens is 240 g/mol. The van der Waals surface area contributed by atoms with E-state index in [0.29, 0.717) is 11.8 Å². The van der Waals surface area contributed by atoms with E-state index in [1.807, 2.05) is 11.8 Å². The van der Waals surface area contributed by atoms with E-state index in [0.717, 1.165) is 12.2 Å². The molecule has 1 aliphatic rings. The third kappa shape index (κ3) is 4.46. The molecule has 98 valence electrons. The summed E-state index contributed by atoms with van der Waals surface area (Å²) >= 11 is 1.88. The van der Waals surface area contributed by atoms with Crippen LogP contribution in [0.25, 0.3) is 0 Å². The number of carbonyl (C=O) groups is 2. The molecule has 1 saturated heterocycles. The summed E-state index contributed by atoms with van der Waals surface area (Å²) in [6, 6.07) is -1.11. The highest BCUT2D eigenvalue weighted by Gasteiger charge is 2.22. The Labute approximate surface area is 106 Å². The van der Waals surface area contributed by atoms with Crippen LogP contribution in [0.5, 0.6) is 0 Å². The van der Waals surface area contributed by atoms with Crippen LogP contribution < -0.4 is 5.32 Å². The van der Waals surface area contributed by atoms with E-state index in [-0.39, 0.29) is 6.03 Å². The van der Waals surface area contributed by atoms with Crippen molar-refractivity contribution >= 4 is 23.8 Å². The van der Waals surface area contributed by atoms with Gasteiger partial charge in [-0.05, 0) is 25.5 Å². The highest BCUT2D eigenvalue weighted by Crippen LogP contribution is 2.24. The van der Waals surface area contributed by atoms with E-state index in [9.17, 15) is 9.59 Å². The molecule has 2 unspecified atom stereocenters. The second kappa shape index (κ2) is 6.74. The molecule has 0 aromatic heterocycles. The van der Waals surface area contributed by atoms with Crippen LogP contribution in [0.15, 0.2) is 0 Å². The van der Waals surface area contributed by atoms with Gasteiger partial charge in [0.15, 0.2) is 0 Å². The zero-order valence-electron chi connectivity index (χ0n) is 10.3. The summed E-state index contributed by atoms with van der Waals surface area (Å²) < 4.78 is 0. The van der Waals surface area contributed by atoms with Gasteiger partial charge in [0.1, 0.15) is 6.04 Å². The average Bonchev–Trinajstić information content (AvgIpc) is 2.35. The maximum Gasteiger partial charge on any atom is 0.326 e. The summed E-state index contributed by atoms with van der Waals surface area (Å²) in [4.78, 5) is 23.6. The third-order valence-electron chi connectivity index (χ3n) is 3.01. The number of nitrogens with one attached hydrogen (secondary N) is 1. The Bertz CT molecular complexity index is 280. The Balaban J connectivity index is 2.30. The van der Waals surface area contributed by atoms with Crippen molar-refractivity contribution in [1.29, 1.82) is 0 Å². The summed E-state index contributed by atoms with van der Waals surface area (Å²) in [5.41, 5.74) is 0. The number of carbonyl (C=O) groups excluding carboxylic acids is 1. The number of likely N-dealkylation sites (N-methyl/N-ethyl adjacent to an activating group) is 1. The lowest BCUT2D eigenvalue weighted by atomic mass is 10.2.